The Morgan fingerprint density at radius 2 is 1.69 bits per heavy atom. The Bertz CT molecular complexity index is 798. The number of ether oxygens (including phenoxy) is 2. The molecule has 6 heteroatoms. The van der Waals surface area contributed by atoms with Crippen LogP contribution in [0.25, 0.3) is 0 Å². The highest BCUT2D eigenvalue weighted by atomic mass is 16.5. The van der Waals surface area contributed by atoms with Crippen molar-refractivity contribution in [3.05, 3.63) is 65.2 Å². The number of carbonyl (C=O) groups is 3. The van der Waals surface area contributed by atoms with Crippen LogP contribution in [0, 0.1) is 0 Å². The third kappa shape index (κ3) is 5.17. The highest BCUT2D eigenvalue weighted by Crippen LogP contribution is 2.17. The Morgan fingerprint density at radius 1 is 1.04 bits per heavy atom. The lowest BCUT2D eigenvalue weighted by molar-refractivity contribution is -0.124. The minimum absolute atomic E-state index is 0.147. The molecular weight excluding hydrogens is 334 g/mol. The number of carbonyl (C=O) groups excluding carboxylic acids is 3. The topological polar surface area (TPSA) is 81.7 Å². The monoisotopic (exact) mass is 355 g/mol. The molecule has 1 amide bonds. The number of nitrogens with one attached hydrogen (secondary N) is 1. The molecule has 2 rings (SSSR count). The van der Waals surface area contributed by atoms with Crippen LogP contribution in [0.2, 0.25) is 0 Å². The van der Waals surface area contributed by atoms with Crippen molar-refractivity contribution < 1.29 is 23.9 Å². The van der Waals surface area contributed by atoms with Gasteiger partial charge in [0.15, 0.2) is 12.4 Å². The summed E-state index contributed by atoms with van der Waals surface area (Å²) in [5.74, 6) is -0.482. The molecule has 0 saturated carbocycles. The first-order valence-electron chi connectivity index (χ1n) is 8.12. The molecule has 0 aliphatic rings. The Balaban J connectivity index is 1.88. The third-order valence-corrected chi connectivity index (χ3v) is 3.83. The van der Waals surface area contributed by atoms with E-state index in [1.165, 1.54) is 19.1 Å². The summed E-state index contributed by atoms with van der Waals surface area (Å²) in [6.45, 7) is 2.85. The van der Waals surface area contributed by atoms with Crippen molar-refractivity contribution in [1.82, 2.24) is 5.32 Å². The van der Waals surface area contributed by atoms with Gasteiger partial charge in [0.1, 0.15) is 5.75 Å². The zero-order chi connectivity index (χ0) is 19.1. The molecule has 26 heavy (non-hydrogen) atoms. The maximum absolute atomic E-state index is 12.0. The van der Waals surface area contributed by atoms with Gasteiger partial charge < -0.3 is 14.8 Å². The second kappa shape index (κ2) is 8.80. The number of benzene rings is 2. The van der Waals surface area contributed by atoms with Crippen molar-refractivity contribution in [2.45, 2.75) is 19.9 Å². The van der Waals surface area contributed by atoms with Crippen LogP contribution in [0.4, 0.5) is 0 Å². The fraction of sp³-hybridized carbons (Fsp3) is 0.250. The molecule has 2 aromatic carbocycles. The summed E-state index contributed by atoms with van der Waals surface area (Å²) in [7, 11) is 1.58. The molecule has 1 N–H and O–H groups in total. The maximum atomic E-state index is 12.0. The first kappa shape index (κ1) is 19.2. The van der Waals surface area contributed by atoms with Crippen LogP contribution >= 0.6 is 0 Å². The molecule has 0 radical (unpaired) electrons. The number of esters is 1. The van der Waals surface area contributed by atoms with Crippen LogP contribution in [-0.2, 0) is 9.53 Å². The Labute approximate surface area is 152 Å². The average Bonchev–Trinajstić information content (AvgIpc) is 2.66. The van der Waals surface area contributed by atoms with Gasteiger partial charge in [-0.05, 0) is 43.7 Å². The van der Waals surface area contributed by atoms with E-state index in [0.717, 1.165) is 11.3 Å². The van der Waals surface area contributed by atoms with E-state index in [4.69, 9.17) is 9.47 Å². The summed E-state index contributed by atoms with van der Waals surface area (Å²) in [6.07, 6.45) is 0. The van der Waals surface area contributed by atoms with Crippen LogP contribution in [0.5, 0.6) is 5.75 Å². The van der Waals surface area contributed by atoms with E-state index in [-0.39, 0.29) is 17.4 Å². The van der Waals surface area contributed by atoms with Crippen molar-refractivity contribution in [3.8, 4) is 5.75 Å². The van der Waals surface area contributed by atoms with Gasteiger partial charge in [0.25, 0.3) is 5.91 Å². The zero-order valence-electron chi connectivity index (χ0n) is 14.9. The minimum Gasteiger partial charge on any atom is -0.497 e. The normalized spacial score (nSPS) is 11.3. The predicted octanol–water partition coefficient (Wildman–Crippen LogP) is 2.93. The smallest absolute Gasteiger partial charge is 0.338 e. The minimum atomic E-state index is -0.652. The summed E-state index contributed by atoms with van der Waals surface area (Å²) in [5, 5.41) is 2.76. The zero-order valence-corrected chi connectivity index (χ0v) is 14.9. The van der Waals surface area contributed by atoms with Crippen molar-refractivity contribution in [2.24, 2.45) is 0 Å². The Hall–Kier alpha value is -3.15. The molecule has 0 aromatic heterocycles. The summed E-state index contributed by atoms with van der Waals surface area (Å²) >= 11 is 0. The SMILES string of the molecule is COc1ccc([C@H](C)NC(=O)COC(=O)c2cccc(C(C)=O)c2)cc1. The third-order valence-electron chi connectivity index (χ3n) is 3.83. The molecule has 0 bridgehead atoms. The molecule has 0 spiro atoms. The van der Waals surface area contributed by atoms with E-state index < -0.39 is 18.5 Å². The number of hydrogen-bond acceptors (Lipinski definition) is 5. The van der Waals surface area contributed by atoms with E-state index in [1.54, 1.807) is 31.4 Å². The Morgan fingerprint density at radius 3 is 2.31 bits per heavy atom. The lowest BCUT2D eigenvalue weighted by Crippen LogP contribution is -2.31. The molecule has 2 aromatic rings. The highest BCUT2D eigenvalue weighted by molar-refractivity contribution is 5.98. The van der Waals surface area contributed by atoms with Crippen LogP contribution in [0.15, 0.2) is 48.5 Å². The van der Waals surface area contributed by atoms with E-state index in [9.17, 15) is 14.4 Å². The summed E-state index contributed by atoms with van der Waals surface area (Å²) < 4.78 is 10.1. The van der Waals surface area contributed by atoms with Gasteiger partial charge in [-0.3, -0.25) is 9.59 Å². The summed E-state index contributed by atoms with van der Waals surface area (Å²) in [6, 6.07) is 13.3. The Kier molecular flexibility index (Phi) is 6.49. The molecule has 0 aliphatic heterocycles. The van der Waals surface area contributed by atoms with Crippen LogP contribution in [0.3, 0.4) is 0 Å². The second-order valence-corrected chi connectivity index (χ2v) is 5.78. The average molecular weight is 355 g/mol. The lowest BCUT2D eigenvalue weighted by Gasteiger charge is -2.15. The second-order valence-electron chi connectivity index (χ2n) is 5.78. The molecule has 0 unspecified atom stereocenters. The number of amides is 1. The highest BCUT2D eigenvalue weighted by Gasteiger charge is 2.14. The van der Waals surface area contributed by atoms with Gasteiger partial charge in [0.2, 0.25) is 0 Å². The number of hydrogen-bond donors (Lipinski definition) is 1. The van der Waals surface area contributed by atoms with E-state index in [2.05, 4.69) is 5.32 Å². The molecule has 6 nitrogen and oxygen atoms in total. The molecule has 0 fully saturated rings. The molecular formula is C20H21NO5. The van der Waals surface area contributed by atoms with Gasteiger partial charge in [-0.15, -0.1) is 0 Å². The standard InChI is InChI=1S/C20H21NO5/c1-13(15-7-9-18(25-3)10-8-15)21-19(23)12-26-20(24)17-6-4-5-16(11-17)14(2)22/h4-11,13H,12H2,1-3H3,(H,21,23)/t13-/m0/s1. The van der Waals surface area contributed by atoms with E-state index in [0.29, 0.717) is 5.56 Å². The lowest BCUT2D eigenvalue weighted by atomic mass is 10.1. The maximum Gasteiger partial charge on any atom is 0.338 e. The van der Waals surface area contributed by atoms with Gasteiger partial charge in [0, 0.05) is 5.56 Å². The summed E-state index contributed by atoms with van der Waals surface area (Å²) in [4.78, 5) is 35.4. The van der Waals surface area contributed by atoms with Crippen molar-refractivity contribution in [1.29, 1.82) is 0 Å². The first-order valence-corrected chi connectivity index (χ1v) is 8.12. The van der Waals surface area contributed by atoms with Gasteiger partial charge in [-0.25, -0.2) is 4.79 Å². The van der Waals surface area contributed by atoms with E-state index >= 15 is 0 Å². The fourth-order valence-electron chi connectivity index (χ4n) is 2.34. The molecule has 1 atom stereocenters. The van der Waals surface area contributed by atoms with Gasteiger partial charge >= 0.3 is 5.97 Å². The number of Topliss-reactive ketones (excluding diaryl/α,β-unsaturated/α-hetero) is 1. The van der Waals surface area contributed by atoms with Crippen LogP contribution < -0.4 is 10.1 Å². The first-order chi connectivity index (χ1) is 12.4. The van der Waals surface area contributed by atoms with Crippen LogP contribution in [0.1, 0.15) is 46.2 Å². The van der Waals surface area contributed by atoms with Crippen molar-refractivity contribution in [3.63, 3.8) is 0 Å². The summed E-state index contributed by atoms with van der Waals surface area (Å²) in [5.41, 5.74) is 1.55. The van der Waals surface area contributed by atoms with Crippen LogP contribution in [-0.4, -0.2) is 31.4 Å². The predicted molar refractivity (Wildman–Crippen MR) is 96.3 cm³/mol. The quantitative estimate of drug-likeness (QED) is 0.610. The number of ketones is 1. The number of rotatable bonds is 7. The van der Waals surface area contributed by atoms with Gasteiger partial charge in [-0.1, -0.05) is 24.3 Å². The van der Waals surface area contributed by atoms with Crippen molar-refractivity contribution >= 4 is 17.7 Å². The fourth-order valence-corrected chi connectivity index (χ4v) is 2.34. The van der Waals surface area contributed by atoms with Gasteiger partial charge in [0.05, 0.1) is 18.7 Å². The molecule has 0 aliphatic carbocycles. The van der Waals surface area contributed by atoms with Crippen molar-refractivity contribution in [2.75, 3.05) is 13.7 Å². The van der Waals surface area contributed by atoms with Gasteiger partial charge in [-0.2, -0.15) is 0 Å². The van der Waals surface area contributed by atoms with E-state index in [1.807, 2.05) is 19.1 Å². The number of methoxy groups -OCH3 is 1. The molecule has 0 heterocycles. The largest absolute Gasteiger partial charge is 0.497 e. The molecule has 0 saturated heterocycles. The molecule has 136 valence electrons.